The minimum atomic E-state index is -0.386. The number of benzene rings is 2. The Bertz CT molecular complexity index is 1410. The number of thiophene rings is 1. The third kappa shape index (κ3) is 4.76. The number of thioether (sulfide) groups is 1. The van der Waals surface area contributed by atoms with Crippen LogP contribution < -0.4 is 15.2 Å². The maximum atomic E-state index is 13.5. The molecule has 1 fully saturated rings. The van der Waals surface area contributed by atoms with Gasteiger partial charge in [-0.3, -0.25) is 14.2 Å². The molecule has 1 aliphatic rings. The van der Waals surface area contributed by atoms with Crippen molar-refractivity contribution in [3.8, 4) is 11.4 Å². The van der Waals surface area contributed by atoms with Crippen molar-refractivity contribution in [2.45, 2.75) is 5.16 Å². The Labute approximate surface area is 209 Å². The Morgan fingerprint density at radius 2 is 1.83 bits per heavy atom. The van der Waals surface area contributed by atoms with Gasteiger partial charge < -0.3 is 14.5 Å². The summed E-state index contributed by atoms with van der Waals surface area (Å²) in [6.45, 7) is 2.60. The highest BCUT2D eigenvalue weighted by Crippen LogP contribution is 2.29. The molecule has 2 aromatic carbocycles. The van der Waals surface area contributed by atoms with Gasteiger partial charge >= 0.3 is 0 Å². The minimum absolute atomic E-state index is 0.0139. The van der Waals surface area contributed by atoms with Gasteiger partial charge in [0.15, 0.2) is 5.16 Å². The Balaban J connectivity index is 1.31. The molecule has 1 aliphatic heterocycles. The molecule has 0 saturated carbocycles. The molecule has 4 aromatic rings. The fourth-order valence-electron chi connectivity index (χ4n) is 4.11. The third-order valence-corrected chi connectivity index (χ3v) is 7.73. The van der Waals surface area contributed by atoms with Crippen LogP contribution in [0.1, 0.15) is 0 Å². The fourth-order valence-corrected chi connectivity index (χ4v) is 5.79. The number of carbonyl (C=O) groups excluding carboxylic acids is 1. The number of anilines is 1. The van der Waals surface area contributed by atoms with Crippen molar-refractivity contribution < 1.29 is 13.9 Å². The summed E-state index contributed by atoms with van der Waals surface area (Å²) in [5, 5.41) is 2.23. The molecule has 7 nitrogen and oxygen atoms in total. The Hall–Kier alpha value is -3.37. The zero-order valence-corrected chi connectivity index (χ0v) is 20.7. The van der Waals surface area contributed by atoms with Gasteiger partial charge in [-0.15, -0.1) is 11.3 Å². The predicted molar refractivity (Wildman–Crippen MR) is 138 cm³/mol. The van der Waals surface area contributed by atoms with Gasteiger partial charge in [0, 0.05) is 26.2 Å². The van der Waals surface area contributed by atoms with Crippen LogP contribution in [0, 0.1) is 5.82 Å². The van der Waals surface area contributed by atoms with Crippen molar-refractivity contribution in [1.82, 2.24) is 14.5 Å². The molecular weight excluding hydrogens is 487 g/mol. The summed E-state index contributed by atoms with van der Waals surface area (Å²) in [5.74, 6) is 0.567. The molecule has 35 heavy (non-hydrogen) atoms. The molecule has 3 heterocycles. The van der Waals surface area contributed by atoms with E-state index in [1.807, 2.05) is 34.5 Å². The maximum absolute atomic E-state index is 13.5. The number of nitrogens with zero attached hydrogens (tertiary/aromatic N) is 4. The largest absolute Gasteiger partial charge is 0.495 e. The number of rotatable bonds is 6. The molecule has 2 aromatic heterocycles. The van der Waals surface area contributed by atoms with Gasteiger partial charge in [-0.25, -0.2) is 9.37 Å². The second-order valence-electron chi connectivity index (χ2n) is 7.97. The van der Waals surface area contributed by atoms with Gasteiger partial charge in [-0.2, -0.15) is 0 Å². The van der Waals surface area contributed by atoms with E-state index in [1.54, 1.807) is 25.3 Å². The van der Waals surface area contributed by atoms with Crippen LogP contribution in [0.15, 0.2) is 69.9 Å². The van der Waals surface area contributed by atoms with Crippen LogP contribution in [-0.4, -0.2) is 59.4 Å². The number of carbonyl (C=O) groups is 1. The van der Waals surface area contributed by atoms with E-state index in [-0.39, 0.29) is 23.0 Å². The average Bonchev–Trinajstić information content (AvgIpc) is 3.37. The Kier molecular flexibility index (Phi) is 6.74. The van der Waals surface area contributed by atoms with Crippen molar-refractivity contribution in [3.05, 3.63) is 76.1 Å². The molecule has 1 saturated heterocycles. The van der Waals surface area contributed by atoms with Gasteiger partial charge in [0.25, 0.3) is 5.56 Å². The SMILES string of the molecule is COc1ccccc1N1CCN(C(=O)CSc2nc3ccsc3c(=O)n2-c2ccc(F)cc2)CC1. The predicted octanol–water partition coefficient (Wildman–Crippen LogP) is 4.04. The first kappa shape index (κ1) is 23.4. The molecule has 0 spiro atoms. The highest BCUT2D eigenvalue weighted by molar-refractivity contribution is 7.99. The van der Waals surface area contributed by atoms with E-state index in [4.69, 9.17) is 4.74 Å². The van der Waals surface area contributed by atoms with E-state index in [0.717, 1.165) is 11.4 Å². The van der Waals surface area contributed by atoms with E-state index in [9.17, 15) is 14.0 Å². The molecule has 0 N–H and O–H groups in total. The fraction of sp³-hybridized carbons (Fsp3) is 0.240. The zero-order chi connectivity index (χ0) is 24.4. The number of halogens is 1. The molecule has 5 rings (SSSR count). The van der Waals surface area contributed by atoms with Crippen LogP contribution in [0.5, 0.6) is 5.75 Å². The number of amides is 1. The lowest BCUT2D eigenvalue weighted by Crippen LogP contribution is -2.49. The van der Waals surface area contributed by atoms with Gasteiger partial charge in [-0.05, 0) is 47.8 Å². The molecule has 0 bridgehead atoms. The topological polar surface area (TPSA) is 67.7 Å². The molecule has 1 amide bonds. The van der Waals surface area contributed by atoms with Crippen LogP contribution in [0.3, 0.4) is 0 Å². The molecule has 0 unspecified atom stereocenters. The summed E-state index contributed by atoms with van der Waals surface area (Å²) < 4.78 is 20.9. The minimum Gasteiger partial charge on any atom is -0.495 e. The lowest BCUT2D eigenvalue weighted by atomic mass is 10.2. The number of hydrogen-bond acceptors (Lipinski definition) is 7. The lowest BCUT2D eigenvalue weighted by molar-refractivity contribution is -0.128. The number of aromatic nitrogens is 2. The molecule has 0 atom stereocenters. The third-order valence-electron chi connectivity index (χ3n) is 5.92. The van der Waals surface area contributed by atoms with Crippen LogP contribution in [0.2, 0.25) is 0 Å². The number of piperazine rings is 1. The van der Waals surface area contributed by atoms with Gasteiger partial charge in [0.05, 0.1) is 29.8 Å². The van der Waals surface area contributed by atoms with E-state index in [0.29, 0.717) is 47.2 Å². The molecule has 0 aliphatic carbocycles. The average molecular weight is 511 g/mol. The lowest BCUT2D eigenvalue weighted by Gasteiger charge is -2.36. The molecule has 180 valence electrons. The number of hydrogen-bond donors (Lipinski definition) is 0. The van der Waals surface area contributed by atoms with Crippen molar-refractivity contribution in [2.24, 2.45) is 0 Å². The Morgan fingerprint density at radius 1 is 1.09 bits per heavy atom. The van der Waals surface area contributed by atoms with Crippen molar-refractivity contribution in [2.75, 3.05) is 43.9 Å². The van der Waals surface area contributed by atoms with Crippen molar-refractivity contribution >= 4 is 44.9 Å². The highest BCUT2D eigenvalue weighted by atomic mass is 32.2. The summed E-state index contributed by atoms with van der Waals surface area (Å²) in [6.07, 6.45) is 0. The second-order valence-corrected chi connectivity index (χ2v) is 9.83. The van der Waals surface area contributed by atoms with Gasteiger partial charge in [0.1, 0.15) is 16.3 Å². The van der Waals surface area contributed by atoms with Crippen LogP contribution >= 0.6 is 23.1 Å². The highest BCUT2D eigenvalue weighted by Gasteiger charge is 2.24. The monoisotopic (exact) mass is 510 g/mol. The van der Waals surface area contributed by atoms with Gasteiger partial charge in [0.2, 0.25) is 5.91 Å². The number of para-hydroxylation sites is 2. The normalized spacial score (nSPS) is 13.9. The van der Waals surface area contributed by atoms with E-state index in [1.165, 1.54) is 39.8 Å². The second kappa shape index (κ2) is 10.1. The summed E-state index contributed by atoms with van der Waals surface area (Å²) >= 11 is 2.54. The molecule has 0 radical (unpaired) electrons. The number of methoxy groups -OCH3 is 1. The maximum Gasteiger partial charge on any atom is 0.276 e. The van der Waals surface area contributed by atoms with Crippen molar-refractivity contribution in [1.29, 1.82) is 0 Å². The van der Waals surface area contributed by atoms with E-state index in [2.05, 4.69) is 9.88 Å². The van der Waals surface area contributed by atoms with Crippen LogP contribution in [0.25, 0.3) is 15.9 Å². The smallest absolute Gasteiger partial charge is 0.276 e. The summed E-state index contributed by atoms with van der Waals surface area (Å²) in [4.78, 5) is 34.9. The Morgan fingerprint density at radius 3 is 2.57 bits per heavy atom. The molecular formula is C25H23FN4O3S2. The van der Waals surface area contributed by atoms with Crippen LogP contribution in [-0.2, 0) is 4.79 Å². The summed E-state index contributed by atoms with van der Waals surface area (Å²) in [6, 6.07) is 15.4. The summed E-state index contributed by atoms with van der Waals surface area (Å²) in [5.41, 5.74) is 1.91. The summed E-state index contributed by atoms with van der Waals surface area (Å²) in [7, 11) is 1.66. The van der Waals surface area contributed by atoms with Gasteiger partial charge in [-0.1, -0.05) is 23.9 Å². The molecule has 10 heteroatoms. The quantitative estimate of drug-likeness (QED) is 0.288. The van der Waals surface area contributed by atoms with E-state index < -0.39 is 0 Å². The number of fused-ring (bicyclic) bond motifs is 1. The standard InChI is InChI=1S/C25H23FN4O3S2/c1-33-21-5-3-2-4-20(21)28-11-13-29(14-12-28)22(31)16-35-25-27-19-10-15-34-23(19)24(32)30(25)18-8-6-17(26)7-9-18/h2-10,15H,11-14,16H2,1H3. The van der Waals surface area contributed by atoms with Crippen molar-refractivity contribution in [3.63, 3.8) is 0 Å². The van der Waals surface area contributed by atoms with Crippen LogP contribution in [0.4, 0.5) is 10.1 Å². The van der Waals surface area contributed by atoms with E-state index >= 15 is 0 Å². The zero-order valence-electron chi connectivity index (χ0n) is 19.0. The first-order chi connectivity index (χ1) is 17.0. The number of ether oxygens (including phenoxy) is 1. The first-order valence-electron chi connectivity index (χ1n) is 11.1. The first-order valence-corrected chi connectivity index (χ1v) is 13.0.